The maximum absolute atomic E-state index is 5.68. The van der Waals surface area contributed by atoms with Crippen LogP contribution in [-0.2, 0) is 4.74 Å². The van der Waals surface area contributed by atoms with Gasteiger partial charge in [-0.05, 0) is 69.2 Å². The number of fused-ring (bicyclic) bond motifs is 1. The lowest BCUT2D eigenvalue weighted by atomic mass is 9.78. The monoisotopic (exact) mass is 292 g/mol. The third kappa shape index (κ3) is 3.30. The second-order valence-electron chi connectivity index (χ2n) is 8.14. The van der Waals surface area contributed by atoms with Gasteiger partial charge in [0.15, 0.2) is 0 Å². The summed E-state index contributed by atoms with van der Waals surface area (Å²) in [7, 11) is 0. The van der Waals surface area contributed by atoms with Gasteiger partial charge in [-0.3, -0.25) is 4.90 Å². The zero-order valence-corrected chi connectivity index (χ0v) is 13.5. The molecular weight excluding hydrogens is 260 g/mol. The van der Waals surface area contributed by atoms with Crippen molar-refractivity contribution in [3.8, 4) is 0 Å². The molecule has 0 amide bonds. The summed E-state index contributed by atoms with van der Waals surface area (Å²) >= 11 is 0. The van der Waals surface area contributed by atoms with Gasteiger partial charge in [0.05, 0.1) is 0 Å². The number of rotatable bonds is 5. The van der Waals surface area contributed by atoms with Crippen LogP contribution in [0.2, 0.25) is 0 Å². The molecule has 4 aliphatic rings. The Morgan fingerprint density at radius 3 is 2.62 bits per heavy atom. The molecule has 0 aromatic rings. The molecule has 2 atom stereocenters. The van der Waals surface area contributed by atoms with E-state index in [9.17, 15) is 0 Å². The summed E-state index contributed by atoms with van der Waals surface area (Å²) < 4.78 is 5.68. The quantitative estimate of drug-likeness (QED) is 0.843. The van der Waals surface area contributed by atoms with Crippen molar-refractivity contribution in [2.45, 2.75) is 69.9 Å². The Kier molecular flexibility index (Phi) is 4.25. The fourth-order valence-corrected chi connectivity index (χ4v) is 5.03. The van der Waals surface area contributed by atoms with Crippen molar-refractivity contribution >= 4 is 0 Å². The van der Waals surface area contributed by atoms with Crippen molar-refractivity contribution in [2.75, 3.05) is 32.8 Å². The molecule has 120 valence electrons. The van der Waals surface area contributed by atoms with Crippen molar-refractivity contribution in [3.63, 3.8) is 0 Å². The minimum Gasteiger partial charge on any atom is -0.381 e. The first kappa shape index (κ1) is 14.5. The van der Waals surface area contributed by atoms with Crippen LogP contribution in [0.15, 0.2) is 0 Å². The van der Waals surface area contributed by atoms with Gasteiger partial charge in [0.25, 0.3) is 0 Å². The lowest BCUT2D eigenvalue weighted by molar-refractivity contribution is -0.0224. The smallest absolute Gasteiger partial charge is 0.0472 e. The number of piperidine rings is 1. The Bertz CT molecular complexity index is 349. The molecule has 2 aliphatic heterocycles. The number of likely N-dealkylation sites (tertiary alicyclic amines) is 1. The molecule has 1 N–H and O–H groups in total. The molecule has 2 unspecified atom stereocenters. The fourth-order valence-electron chi connectivity index (χ4n) is 5.03. The van der Waals surface area contributed by atoms with E-state index in [1.54, 1.807) is 0 Å². The molecule has 0 aromatic carbocycles. The molecule has 0 spiro atoms. The largest absolute Gasteiger partial charge is 0.381 e. The first-order chi connectivity index (χ1) is 10.3. The Morgan fingerprint density at radius 1 is 1.00 bits per heavy atom. The number of hydrogen-bond acceptors (Lipinski definition) is 3. The number of nitrogens with zero attached hydrogens (tertiary/aromatic N) is 1. The summed E-state index contributed by atoms with van der Waals surface area (Å²) in [6.45, 7) is 5.88. The topological polar surface area (TPSA) is 24.5 Å². The van der Waals surface area contributed by atoms with E-state index >= 15 is 0 Å². The first-order valence-corrected chi connectivity index (χ1v) is 9.40. The second-order valence-corrected chi connectivity index (χ2v) is 8.14. The minimum atomic E-state index is 0.491. The van der Waals surface area contributed by atoms with Crippen LogP contribution >= 0.6 is 0 Å². The Morgan fingerprint density at radius 2 is 1.81 bits per heavy atom. The average Bonchev–Trinajstić information content (AvgIpc) is 3.22. The molecular formula is C18H32N2O. The predicted octanol–water partition coefficient (Wildman–Crippen LogP) is 2.80. The maximum Gasteiger partial charge on any atom is 0.0472 e. The van der Waals surface area contributed by atoms with Crippen molar-refractivity contribution < 1.29 is 4.74 Å². The van der Waals surface area contributed by atoms with Gasteiger partial charge >= 0.3 is 0 Å². The van der Waals surface area contributed by atoms with Crippen LogP contribution in [0.25, 0.3) is 0 Å². The zero-order valence-electron chi connectivity index (χ0n) is 13.5. The van der Waals surface area contributed by atoms with Crippen LogP contribution < -0.4 is 5.32 Å². The van der Waals surface area contributed by atoms with Crippen molar-refractivity contribution in [1.82, 2.24) is 10.2 Å². The summed E-state index contributed by atoms with van der Waals surface area (Å²) in [6.07, 6.45) is 12.7. The third-order valence-corrected chi connectivity index (χ3v) is 6.54. The second kappa shape index (κ2) is 6.17. The van der Waals surface area contributed by atoms with Crippen molar-refractivity contribution in [1.29, 1.82) is 0 Å². The van der Waals surface area contributed by atoms with E-state index in [0.717, 1.165) is 31.2 Å². The summed E-state index contributed by atoms with van der Waals surface area (Å²) in [5.41, 5.74) is 0.491. The van der Waals surface area contributed by atoms with Gasteiger partial charge in [-0.1, -0.05) is 6.42 Å². The lowest BCUT2D eigenvalue weighted by Crippen LogP contribution is -2.52. The molecule has 2 saturated heterocycles. The van der Waals surface area contributed by atoms with E-state index in [-0.39, 0.29) is 0 Å². The molecule has 3 nitrogen and oxygen atoms in total. The van der Waals surface area contributed by atoms with E-state index in [2.05, 4.69) is 10.2 Å². The molecule has 2 saturated carbocycles. The highest BCUT2D eigenvalue weighted by atomic mass is 16.5. The summed E-state index contributed by atoms with van der Waals surface area (Å²) in [5, 5.41) is 3.83. The number of nitrogens with one attached hydrogen (secondary N) is 1. The molecule has 4 rings (SSSR count). The van der Waals surface area contributed by atoms with Gasteiger partial charge in [-0.15, -0.1) is 0 Å². The summed E-state index contributed by atoms with van der Waals surface area (Å²) in [5.74, 6) is 1.02. The molecule has 2 aliphatic carbocycles. The van der Waals surface area contributed by atoms with Gasteiger partial charge in [0, 0.05) is 38.4 Å². The Labute approximate surface area is 129 Å². The predicted molar refractivity (Wildman–Crippen MR) is 85.4 cm³/mol. The summed E-state index contributed by atoms with van der Waals surface area (Å²) in [6, 6.07) is 1.75. The van der Waals surface area contributed by atoms with Crippen LogP contribution in [0.1, 0.15) is 57.8 Å². The maximum atomic E-state index is 5.68. The van der Waals surface area contributed by atoms with Gasteiger partial charge < -0.3 is 10.1 Å². The van der Waals surface area contributed by atoms with E-state index in [1.807, 2.05) is 0 Å². The third-order valence-electron chi connectivity index (χ3n) is 6.54. The minimum absolute atomic E-state index is 0.491. The highest BCUT2D eigenvalue weighted by Crippen LogP contribution is 2.40. The van der Waals surface area contributed by atoms with Gasteiger partial charge in [0.2, 0.25) is 0 Å². The van der Waals surface area contributed by atoms with Crippen molar-refractivity contribution in [2.24, 2.45) is 11.3 Å². The molecule has 4 fully saturated rings. The van der Waals surface area contributed by atoms with Crippen LogP contribution in [0.5, 0.6) is 0 Å². The zero-order chi connectivity index (χ0) is 14.1. The van der Waals surface area contributed by atoms with Crippen LogP contribution in [0.3, 0.4) is 0 Å². The van der Waals surface area contributed by atoms with Crippen LogP contribution in [0, 0.1) is 11.3 Å². The molecule has 3 heteroatoms. The highest BCUT2D eigenvalue weighted by Gasteiger charge is 2.41. The molecule has 2 heterocycles. The van der Waals surface area contributed by atoms with Crippen LogP contribution in [-0.4, -0.2) is 49.8 Å². The molecule has 0 aromatic heterocycles. The van der Waals surface area contributed by atoms with Gasteiger partial charge in [-0.25, -0.2) is 0 Å². The van der Waals surface area contributed by atoms with E-state index in [1.165, 1.54) is 77.4 Å². The molecule has 0 bridgehead atoms. The standard InChI is InChI=1S/C18H32N2O/c1-3-15-4-2-10-20(17(15)5-1)14-18(8-11-21-12-9-18)13-19-16-6-7-16/h15-17,19H,1-14H2. The van der Waals surface area contributed by atoms with E-state index < -0.39 is 0 Å². The van der Waals surface area contributed by atoms with E-state index in [0.29, 0.717) is 5.41 Å². The number of hydrogen-bond donors (Lipinski definition) is 1. The van der Waals surface area contributed by atoms with E-state index in [4.69, 9.17) is 4.74 Å². The van der Waals surface area contributed by atoms with Gasteiger partial charge in [0.1, 0.15) is 0 Å². The molecule has 0 radical (unpaired) electrons. The Hall–Kier alpha value is -0.120. The lowest BCUT2D eigenvalue weighted by Gasteiger charge is -2.46. The normalized spacial score (nSPS) is 36.6. The summed E-state index contributed by atoms with van der Waals surface area (Å²) in [4.78, 5) is 2.89. The number of ether oxygens (including phenoxy) is 1. The first-order valence-electron chi connectivity index (χ1n) is 9.40. The molecule has 21 heavy (non-hydrogen) atoms. The Balaban J connectivity index is 1.42. The van der Waals surface area contributed by atoms with Crippen LogP contribution in [0.4, 0.5) is 0 Å². The van der Waals surface area contributed by atoms with Gasteiger partial charge in [-0.2, -0.15) is 0 Å². The SMILES string of the molecule is C1CC2CCCN(CC3(CNC4CC4)CCOCC3)C2C1. The van der Waals surface area contributed by atoms with Crippen molar-refractivity contribution in [3.05, 3.63) is 0 Å². The average molecular weight is 292 g/mol. The highest BCUT2D eigenvalue weighted by molar-refractivity contribution is 4.95. The fraction of sp³-hybridized carbons (Fsp3) is 1.00.